The third-order valence-corrected chi connectivity index (χ3v) is 4.95. The van der Waals surface area contributed by atoms with Gasteiger partial charge in [-0.1, -0.05) is 0 Å². The van der Waals surface area contributed by atoms with Crippen LogP contribution in [0.15, 0.2) is 24.5 Å². The first-order valence-electron chi connectivity index (χ1n) is 8.05. The summed E-state index contributed by atoms with van der Waals surface area (Å²) < 4.78 is 6.05. The van der Waals surface area contributed by atoms with Crippen LogP contribution in [0.2, 0.25) is 0 Å². The normalized spacial score (nSPS) is 21.0. The zero-order chi connectivity index (χ0) is 17.1. The molecule has 2 aromatic heterocycles. The number of amides is 1. The number of aryl methyl sites for hydroxylation is 1. The van der Waals surface area contributed by atoms with Gasteiger partial charge in [-0.05, 0) is 26.0 Å². The second-order valence-corrected chi connectivity index (χ2v) is 7.32. The molecule has 0 spiro atoms. The van der Waals surface area contributed by atoms with Crippen molar-refractivity contribution in [1.82, 2.24) is 14.9 Å². The maximum atomic E-state index is 11.1. The molecule has 2 atom stereocenters. The summed E-state index contributed by atoms with van der Waals surface area (Å²) in [5.74, 6) is 0.732. The number of thiazole rings is 1. The average Bonchev–Trinajstić information content (AvgIpc) is 3.08. The molecule has 0 aliphatic carbocycles. The van der Waals surface area contributed by atoms with Crippen LogP contribution in [0.5, 0.6) is 5.75 Å². The molecule has 0 radical (unpaired) electrons. The van der Waals surface area contributed by atoms with Gasteiger partial charge in [0.1, 0.15) is 11.9 Å². The number of hydrogen-bond acceptors (Lipinski definition) is 6. The molecule has 6 nitrogen and oxygen atoms in total. The van der Waals surface area contributed by atoms with Crippen LogP contribution in [0.3, 0.4) is 0 Å². The van der Waals surface area contributed by atoms with Gasteiger partial charge in [0.25, 0.3) is 0 Å². The summed E-state index contributed by atoms with van der Waals surface area (Å²) in [4.78, 5) is 23.1. The Balaban J connectivity index is 1.56. The van der Waals surface area contributed by atoms with Gasteiger partial charge in [-0.2, -0.15) is 0 Å². The molecule has 3 rings (SSSR count). The predicted octanol–water partition coefficient (Wildman–Crippen LogP) is 2.85. The van der Waals surface area contributed by atoms with E-state index >= 15 is 0 Å². The van der Waals surface area contributed by atoms with Crippen molar-refractivity contribution in [3.63, 3.8) is 0 Å². The third kappa shape index (κ3) is 4.30. The highest BCUT2D eigenvalue weighted by molar-refractivity contribution is 7.15. The molecule has 7 heteroatoms. The lowest BCUT2D eigenvalue weighted by molar-refractivity contribution is -0.114. The summed E-state index contributed by atoms with van der Waals surface area (Å²) in [5.41, 5.74) is 0.990. The molecule has 0 unspecified atom stereocenters. The van der Waals surface area contributed by atoms with E-state index in [4.69, 9.17) is 4.74 Å². The standard InChI is InChI=1S/C17H22N4O2S/c1-11-4-5-14(7-18-11)23-15-6-12(2)21(9-15)10-16-8-19-17(24-16)20-13(3)22/h4-5,7-8,12,15H,6,9-10H2,1-3H3,(H,19,20,22)/t12-,15+/m1/s1. The Morgan fingerprint density at radius 2 is 2.25 bits per heavy atom. The summed E-state index contributed by atoms with van der Waals surface area (Å²) in [6.45, 7) is 7.37. The lowest BCUT2D eigenvalue weighted by Gasteiger charge is -2.19. The smallest absolute Gasteiger partial charge is 0.223 e. The van der Waals surface area contributed by atoms with Crippen LogP contribution in [-0.4, -0.2) is 39.5 Å². The molecule has 0 bridgehead atoms. The number of likely N-dealkylation sites (tertiary alicyclic amines) is 1. The molecule has 1 aliphatic rings. The van der Waals surface area contributed by atoms with E-state index in [0.29, 0.717) is 11.2 Å². The summed E-state index contributed by atoms with van der Waals surface area (Å²) in [6, 6.07) is 4.38. The number of rotatable bonds is 5. The molecule has 3 heterocycles. The van der Waals surface area contributed by atoms with E-state index in [0.717, 1.165) is 35.8 Å². The minimum atomic E-state index is -0.0920. The Bertz CT molecular complexity index is 701. The van der Waals surface area contributed by atoms with Crippen molar-refractivity contribution in [2.75, 3.05) is 11.9 Å². The fraction of sp³-hybridized carbons (Fsp3) is 0.471. The lowest BCUT2D eigenvalue weighted by atomic mass is 10.2. The summed E-state index contributed by atoms with van der Waals surface area (Å²) in [7, 11) is 0. The molecule has 0 aromatic carbocycles. The quantitative estimate of drug-likeness (QED) is 0.902. The number of carbonyl (C=O) groups excluding carboxylic acids is 1. The van der Waals surface area contributed by atoms with E-state index in [9.17, 15) is 4.79 Å². The van der Waals surface area contributed by atoms with E-state index in [-0.39, 0.29) is 12.0 Å². The first kappa shape index (κ1) is 16.9. The molecule has 1 saturated heterocycles. The fourth-order valence-corrected chi connectivity index (χ4v) is 3.74. The van der Waals surface area contributed by atoms with Gasteiger partial charge in [-0.3, -0.25) is 14.7 Å². The van der Waals surface area contributed by atoms with E-state index in [1.807, 2.05) is 25.3 Å². The zero-order valence-electron chi connectivity index (χ0n) is 14.2. The minimum absolute atomic E-state index is 0.0920. The largest absolute Gasteiger partial charge is 0.487 e. The van der Waals surface area contributed by atoms with Gasteiger partial charge in [0.05, 0.1) is 6.20 Å². The van der Waals surface area contributed by atoms with Crippen LogP contribution in [-0.2, 0) is 11.3 Å². The second kappa shape index (κ2) is 7.27. The number of ether oxygens (including phenoxy) is 1. The SMILES string of the molecule is CC(=O)Nc1ncc(CN2C[C@@H](Oc3ccc(C)nc3)C[C@H]2C)s1. The van der Waals surface area contributed by atoms with Gasteiger partial charge >= 0.3 is 0 Å². The second-order valence-electron chi connectivity index (χ2n) is 6.20. The van der Waals surface area contributed by atoms with Crippen LogP contribution in [0.25, 0.3) is 0 Å². The van der Waals surface area contributed by atoms with Gasteiger partial charge in [0, 0.05) is 49.2 Å². The number of nitrogens with zero attached hydrogens (tertiary/aromatic N) is 3. The summed E-state index contributed by atoms with van der Waals surface area (Å²) in [5, 5.41) is 3.38. The molecule has 24 heavy (non-hydrogen) atoms. The first-order chi connectivity index (χ1) is 11.5. The van der Waals surface area contributed by atoms with Gasteiger partial charge in [0.15, 0.2) is 5.13 Å². The molecule has 1 N–H and O–H groups in total. The monoisotopic (exact) mass is 346 g/mol. The van der Waals surface area contributed by atoms with Gasteiger partial charge in [0.2, 0.25) is 5.91 Å². The number of nitrogens with one attached hydrogen (secondary N) is 1. The molecular formula is C17H22N4O2S. The zero-order valence-corrected chi connectivity index (χ0v) is 15.0. The molecule has 0 saturated carbocycles. The van der Waals surface area contributed by atoms with Crippen LogP contribution < -0.4 is 10.1 Å². The highest BCUT2D eigenvalue weighted by Crippen LogP contribution is 2.27. The number of hydrogen-bond donors (Lipinski definition) is 1. The van der Waals surface area contributed by atoms with Crippen molar-refractivity contribution < 1.29 is 9.53 Å². The van der Waals surface area contributed by atoms with Crippen LogP contribution in [0, 0.1) is 6.92 Å². The average molecular weight is 346 g/mol. The number of pyridine rings is 1. The Kier molecular flexibility index (Phi) is 5.11. The van der Waals surface area contributed by atoms with Crippen molar-refractivity contribution in [1.29, 1.82) is 0 Å². The van der Waals surface area contributed by atoms with Crippen molar-refractivity contribution in [2.24, 2.45) is 0 Å². The summed E-state index contributed by atoms with van der Waals surface area (Å²) in [6.07, 6.45) is 4.78. The van der Waals surface area contributed by atoms with Crippen molar-refractivity contribution in [3.8, 4) is 5.75 Å². The van der Waals surface area contributed by atoms with E-state index in [1.165, 1.54) is 18.3 Å². The van der Waals surface area contributed by atoms with Crippen molar-refractivity contribution in [2.45, 2.75) is 45.9 Å². The molecule has 1 fully saturated rings. The Morgan fingerprint density at radius 1 is 1.42 bits per heavy atom. The van der Waals surface area contributed by atoms with Crippen LogP contribution in [0.4, 0.5) is 5.13 Å². The number of aromatic nitrogens is 2. The van der Waals surface area contributed by atoms with E-state index < -0.39 is 0 Å². The van der Waals surface area contributed by atoms with Gasteiger partial charge in [-0.15, -0.1) is 11.3 Å². The minimum Gasteiger partial charge on any atom is -0.487 e. The number of anilines is 1. The maximum absolute atomic E-state index is 11.1. The Labute approximate surface area is 145 Å². The van der Waals surface area contributed by atoms with Gasteiger partial charge in [-0.25, -0.2) is 4.98 Å². The van der Waals surface area contributed by atoms with Crippen LogP contribution in [0.1, 0.15) is 30.8 Å². The molecule has 1 amide bonds. The fourth-order valence-electron chi connectivity index (χ4n) is 2.86. The first-order valence-corrected chi connectivity index (χ1v) is 8.87. The highest BCUT2D eigenvalue weighted by Gasteiger charge is 2.30. The molecular weight excluding hydrogens is 324 g/mol. The number of carbonyl (C=O) groups is 1. The topological polar surface area (TPSA) is 67.4 Å². The maximum Gasteiger partial charge on any atom is 0.223 e. The molecule has 128 valence electrons. The summed E-state index contributed by atoms with van der Waals surface area (Å²) >= 11 is 1.52. The Morgan fingerprint density at radius 3 is 2.96 bits per heavy atom. The van der Waals surface area contributed by atoms with E-state index in [2.05, 4.69) is 27.1 Å². The van der Waals surface area contributed by atoms with Gasteiger partial charge < -0.3 is 10.1 Å². The highest BCUT2D eigenvalue weighted by atomic mass is 32.1. The molecule has 1 aliphatic heterocycles. The van der Waals surface area contributed by atoms with Crippen molar-refractivity contribution in [3.05, 3.63) is 35.1 Å². The predicted molar refractivity (Wildman–Crippen MR) is 94.3 cm³/mol. The van der Waals surface area contributed by atoms with Crippen LogP contribution >= 0.6 is 11.3 Å². The third-order valence-electron chi connectivity index (χ3n) is 4.05. The van der Waals surface area contributed by atoms with E-state index in [1.54, 1.807) is 6.20 Å². The molecule has 2 aromatic rings. The lowest BCUT2D eigenvalue weighted by Crippen LogP contribution is -2.27. The van der Waals surface area contributed by atoms with Crippen molar-refractivity contribution >= 4 is 22.4 Å². The Hall–Kier alpha value is -1.99.